The molecule has 1 aliphatic rings. The third-order valence-electron chi connectivity index (χ3n) is 2.75. The molecule has 0 atom stereocenters. The largest absolute Gasteiger partial charge is 0.464 e. The van der Waals surface area contributed by atoms with Gasteiger partial charge in [-0.25, -0.2) is 0 Å². The molecule has 1 fully saturated rings. The van der Waals surface area contributed by atoms with Crippen molar-refractivity contribution in [1.29, 1.82) is 0 Å². The third kappa shape index (κ3) is 2.06. The highest BCUT2D eigenvalue weighted by atomic mass is 32.2. The number of hydrogen-bond acceptors (Lipinski definition) is 3. The molecule has 0 radical (unpaired) electrons. The zero-order valence-corrected chi connectivity index (χ0v) is 9.90. The molecule has 1 N–H and O–H groups in total. The summed E-state index contributed by atoms with van der Waals surface area (Å²) >= 11 is 0. The zero-order chi connectivity index (χ0) is 11.9. The van der Waals surface area contributed by atoms with Crippen molar-refractivity contribution in [3.63, 3.8) is 0 Å². The van der Waals surface area contributed by atoms with Crippen molar-refractivity contribution >= 4 is 21.2 Å². The molecule has 6 heteroatoms. The first-order chi connectivity index (χ1) is 8.17. The van der Waals surface area contributed by atoms with Gasteiger partial charge in [0, 0.05) is 30.6 Å². The average Bonchev–Trinajstić information content (AvgIpc) is 3.09. The smallest absolute Gasteiger partial charge is 0.279 e. The number of furan rings is 1. The topological polar surface area (TPSA) is 62.3 Å². The molecular weight excluding hydrogens is 240 g/mol. The first-order valence-electron chi connectivity index (χ1n) is 5.37. The lowest BCUT2D eigenvalue weighted by Gasteiger charge is -2.04. The zero-order valence-electron chi connectivity index (χ0n) is 9.09. The molecule has 17 heavy (non-hydrogen) atoms. The van der Waals surface area contributed by atoms with Crippen molar-refractivity contribution in [2.75, 3.05) is 13.1 Å². The van der Waals surface area contributed by atoms with E-state index in [0.29, 0.717) is 13.1 Å². The van der Waals surface area contributed by atoms with Gasteiger partial charge < -0.3 is 4.42 Å². The van der Waals surface area contributed by atoms with E-state index in [1.165, 1.54) is 4.31 Å². The summed E-state index contributed by atoms with van der Waals surface area (Å²) in [6, 6.07) is 7.56. The Labute approximate surface area is 99.2 Å². The van der Waals surface area contributed by atoms with Crippen LogP contribution in [0.1, 0.15) is 5.56 Å². The number of para-hydroxylation sites is 1. The Hall–Kier alpha value is -1.37. The van der Waals surface area contributed by atoms with Crippen LogP contribution in [-0.4, -0.2) is 25.8 Å². The van der Waals surface area contributed by atoms with Crippen LogP contribution in [0.2, 0.25) is 0 Å². The minimum absolute atomic E-state index is 0.260. The summed E-state index contributed by atoms with van der Waals surface area (Å²) in [6.45, 7) is 1.48. The lowest BCUT2D eigenvalue weighted by atomic mass is 10.2. The van der Waals surface area contributed by atoms with Gasteiger partial charge in [0.15, 0.2) is 0 Å². The van der Waals surface area contributed by atoms with E-state index in [2.05, 4.69) is 4.72 Å². The van der Waals surface area contributed by atoms with E-state index >= 15 is 0 Å². The maximum atomic E-state index is 11.6. The maximum Gasteiger partial charge on any atom is 0.279 e. The molecule has 1 aromatic heterocycles. The van der Waals surface area contributed by atoms with Crippen LogP contribution in [0.4, 0.5) is 0 Å². The Bertz CT molecular complexity index is 644. The van der Waals surface area contributed by atoms with Gasteiger partial charge in [-0.3, -0.25) is 0 Å². The number of nitrogens with one attached hydrogen (secondary N) is 1. The van der Waals surface area contributed by atoms with E-state index in [4.69, 9.17) is 4.42 Å². The summed E-state index contributed by atoms with van der Waals surface area (Å²) in [7, 11) is -3.29. The molecule has 90 valence electrons. The van der Waals surface area contributed by atoms with Crippen molar-refractivity contribution in [3.8, 4) is 0 Å². The van der Waals surface area contributed by atoms with E-state index in [9.17, 15) is 8.42 Å². The minimum Gasteiger partial charge on any atom is -0.464 e. The summed E-state index contributed by atoms with van der Waals surface area (Å²) in [4.78, 5) is 0. The second-order valence-electron chi connectivity index (χ2n) is 3.98. The predicted molar refractivity (Wildman–Crippen MR) is 63.5 cm³/mol. The Kier molecular flexibility index (Phi) is 2.43. The minimum atomic E-state index is -3.29. The molecule has 2 heterocycles. The van der Waals surface area contributed by atoms with Gasteiger partial charge in [-0.05, 0) is 6.07 Å². The highest BCUT2D eigenvalue weighted by Crippen LogP contribution is 2.21. The van der Waals surface area contributed by atoms with Crippen LogP contribution in [0.3, 0.4) is 0 Å². The Balaban J connectivity index is 1.81. The monoisotopic (exact) mass is 252 g/mol. The highest BCUT2D eigenvalue weighted by molar-refractivity contribution is 7.87. The molecular formula is C11H12N2O3S. The number of nitrogens with zero attached hydrogens (tertiary/aromatic N) is 1. The van der Waals surface area contributed by atoms with Gasteiger partial charge in [-0.15, -0.1) is 0 Å². The molecule has 0 amide bonds. The molecule has 5 nitrogen and oxygen atoms in total. The van der Waals surface area contributed by atoms with E-state index in [0.717, 1.165) is 16.5 Å². The highest BCUT2D eigenvalue weighted by Gasteiger charge is 2.31. The van der Waals surface area contributed by atoms with Gasteiger partial charge in [0.05, 0.1) is 6.26 Å². The molecule has 0 bridgehead atoms. The molecule has 1 aliphatic heterocycles. The summed E-state index contributed by atoms with van der Waals surface area (Å²) in [6.07, 6.45) is 1.59. The molecule has 3 rings (SSSR count). The molecule has 1 saturated heterocycles. The first kappa shape index (κ1) is 10.8. The molecule has 0 spiro atoms. The van der Waals surface area contributed by atoms with Crippen LogP contribution in [0.15, 0.2) is 34.9 Å². The number of benzene rings is 1. The fourth-order valence-corrected chi connectivity index (χ4v) is 2.79. The second kappa shape index (κ2) is 3.83. The summed E-state index contributed by atoms with van der Waals surface area (Å²) in [5, 5.41) is 0.945. The van der Waals surface area contributed by atoms with E-state index in [1.54, 1.807) is 6.26 Å². The standard InChI is InChI=1S/C11H12N2O3S/c14-17(15,13-5-6-13)12-7-9-8-16-11-4-2-1-3-10(9)11/h1-4,8,12H,5-7H2. The fraction of sp³-hybridized carbons (Fsp3) is 0.273. The van der Waals surface area contributed by atoms with Crippen molar-refractivity contribution in [3.05, 3.63) is 36.1 Å². The maximum absolute atomic E-state index is 11.6. The van der Waals surface area contributed by atoms with Crippen LogP contribution in [0.25, 0.3) is 11.0 Å². The van der Waals surface area contributed by atoms with Crippen molar-refractivity contribution < 1.29 is 12.8 Å². The third-order valence-corrected chi connectivity index (χ3v) is 4.31. The van der Waals surface area contributed by atoms with Crippen LogP contribution in [0.5, 0.6) is 0 Å². The molecule has 2 aromatic rings. The summed E-state index contributed by atoms with van der Waals surface area (Å²) in [5.74, 6) is 0. The normalized spacial score (nSPS) is 16.5. The summed E-state index contributed by atoms with van der Waals surface area (Å²) in [5.41, 5.74) is 1.62. The number of hydrogen-bond donors (Lipinski definition) is 1. The number of fused-ring (bicyclic) bond motifs is 1. The quantitative estimate of drug-likeness (QED) is 0.828. The van der Waals surface area contributed by atoms with Gasteiger partial charge in [0.1, 0.15) is 5.58 Å². The summed E-state index contributed by atoms with van der Waals surface area (Å²) < 4.78 is 32.5. The Morgan fingerprint density at radius 3 is 2.82 bits per heavy atom. The van der Waals surface area contributed by atoms with Crippen molar-refractivity contribution in [2.24, 2.45) is 0 Å². The van der Waals surface area contributed by atoms with Gasteiger partial charge in [0.2, 0.25) is 0 Å². The Morgan fingerprint density at radius 2 is 2.06 bits per heavy atom. The number of rotatable bonds is 4. The Morgan fingerprint density at radius 1 is 1.29 bits per heavy atom. The predicted octanol–water partition coefficient (Wildman–Crippen LogP) is 1.08. The van der Waals surface area contributed by atoms with E-state index < -0.39 is 10.2 Å². The van der Waals surface area contributed by atoms with E-state index in [-0.39, 0.29) is 6.54 Å². The second-order valence-corrected chi connectivity index (χ2v) is 5.74. The fourth-order valence-electron chi connectivity index (χ4n) is 1.71. The van der Waals surface area contributed by atoms with Crippen LogP contribution in [-0.2, 0) is 16.8 Å². The molecule has 0 aliphatic carbocycles. The lowest BCUT2D eigenvalue weighted by Crippen LogP contribution is -2.29. The van der Waals surface area contributed by atoms with Crippen LogP contribution >= 0.6 is 0 Å². The molecule has 0 unspecified atom stereocenters. The SMILES string of the molecule is O=S(=O)(NCc1coc2ccccc12)N1CC1. The van der Waals surface area contributed by atoms with Crippen molar-refractivity contribution in [2.45, 2.75) is 6.54 Å². The molecule has 0 saturated carbocycles. The van der Waals surface area contributed by atoms with Crippen LogP contribution in [0, 0.1) is 0 Å². The van der Waals surface area contributed by atoms with Gasteiger partial charge in [0.25, 0.3) is 10.2 Å². The van der Waals surface area contributed by atoms with Gasteiger partial charge in [-0.2, -0.15) is 17.4 Å². The van der Waals surface area contributed by atoms with Gasteiger partial charge >= 0.3 is 0 Å². The first-order valence-corrected chi connectivity index (χ1v) is 6.81. The molecule has 1 aromatic carbocycles. The van der Waals surface area contributed by atoms with Crippen molar-refractivity contribution in [1.82, 2.24) is 9.03 Å². The van der Waals surface area contributed by atoms with E-state index in [1.807, 2.05) is 24.3 Å². The van der Waals surface area contributed by atoms with Gasteiger partial charge in [-0.1, -0.05) is 18.2 Å². The average molecular weight is 252 g/mol. The lowest BCUT2D eigenvalue weighted by molar-refractivity contribution is 0.546. The van der Waals surface area contributed by atoms with Crippen LogP contribution < -0.4 is 4.72 Å².